The lowest BCUT2D eigenvalue weighted by atomic mass is 9.70. The standard InChI is InChI=1S/C26H31N9/c1-4-6-8-20(7-5-2)34-16-19(14-30-34)21-15-31-35-23(27)13-22(32-24(21)35)18-9-11-26(3,12-10-18)25-28-17-29-33-25/h4-7,13-18H,2,8-12,27H2,1,3H3,(H,28,29,33)/b6-4-,20-7+. The Morgan fingerprint density at radius 2 is 2.11 bits per heavy atom. The highest BCUT2D eigenvalue weighted by Crippen LogP contribution is 2.43. The zero-order chi connectivity index (χ0) is 24.4. The summed E-state index contributed by atoms with van der Waals surface area (Å²) < 4.78 is 3.58. The van der Waals surface area contributed by atoms with Crippen molar-refractivity contribution < 1.29 is 0 Å². The van der Waals surface area contributed by atoms with E-state index in [1.807, 2.05) is 48.4 Å². The molecule has 0 bridgehead atoms. The SMILES string of the molecule is C=C/C=C(\C/C=C\C)n1cc(-c2cnn3c(N)cc(C4CCC(C)(c5ncn[nH]5)CC4)nc23)cn1. The number of hydrogen-bond acceptors (Lipinski definition) is 6. The van der Waals surface area contributed by atoms with Gasteiger partial charge in [0.2, 0.25) is 0 Å². The van der Waals surface area contributed by atoms with E-state index in [-0.39, 0.29) is 5.41 Å². The summed E-state index contributed by atoms with van der Waals surface area (Å²) in [6.07, 6.45) is 20.0. The lowest BCUT2D eigenvalue weighted by Gasteiger charge is -2.35. The van der Waals surface area contributed by atoms with E-state index in [4.69, 9.17) is 10.7 Å². The Balaban J connectivity index is 1.44. The van der Waals surface area contributed by atoms with Crippen molar-refractivity contribution in [3.63, 3.8) is 0 Å². The van der Waals surface area contributed by atoms with Gasteiger partial charge in [0, 0.05) is 52.5 Å². The third kappa shape index (κ3) is 4.29. The molecule has 0 unspecified atom stereocenters. The summed E-state index contributed by atoms with van der Waals surface area (Å²) >= 11 is 0. The first-order chi connectivity index (χ1) is 17.0. The van der Waals surface area contributed by atoms with Crippen LogP contribution >= 0.6 is 0 Å². The topological polar surface area (TPSA) is 116 Å². The fraction of sp³-hybridized carbons (Fsp3) is 0.346. The molecule has 180 valence electrons. The first-order valence-electron chi connectivity index (χ1n) is 12.0. The molecule has 4 aromatic rings. The molecule has 0 amide bonds. The Kier molecular flexibility index (Phi) is 6.07. The monoisotopic (exact) mass is 469 g/mol. The summed E-state index contributed by atoms with van der Waals surface area (Å²) in [4.78, 5) is 9.46. The van der Waals surface area contributed by atoms with Crippen LogP contribution in [0.15, 0.2) is 61.9 Å². The molecule has 1 saturated carbocycles. The van der Waals surface area contributed by atoms with Gasteiger partial charge < -0.3 is 5.73 Å². The highest BCUT2D eigenvalue weighted by Gasteiger charge is 2.36. The normalized spacial score (nSPS) is 21.2. The molecular weight excluding hydrogens is 438 g/mol. The number of nitrogens with one attached hydrogen (secondary N) is 1. The highest BCUT2D eigenvalue weighted by molar-refractivity contribution is 5.77. The first kappa shape index (κ1) is 22.8. The number of nitrogens with zero attached hydrogens (tertiary/aromatic N) is 7. The molecule has 0 atom stereocenters. The molecule has 0 aliphatic heterocycles. The van der Waals surface area contributed by atoms with E-state index in [0.29, 0.717) is 11.7 Å². The molecule has 0 saturated heterocycles. The molecule has 1 aliphatic rings. The van der Waals surface area contributed by atoms with E-state index in [0.717, 1.165) is 66.1 Å². The second-order valence-electron chi connectivity index (χ2n) is 9.41. The van der Waals surface area contributed by atoms with Crippen LogP contribution < -0.4 is 5.73 Å². The minimum absolute atomic E-state index is 0.0165. The Bertz CT molecular complexity index is 1380. The van der Waals surface area contributed by atoms with Gasteiger partial charge in [-0.25, -0.2) is 14.6 Å². The number of nitrogen functional groups attached to an aromatic ring is 1. The largest absolute Gasteiger partial charge is 0.384 e. The van der Waals surface area contributed by atoms with Gasteiger partial charge in [-0.3, -0.25) is 5.10 Å². The maximum absolute atomic E-state index is 6.42. The summed E-state index contributed by atoms with van der Waals surface area (Å²) in [6.45, 7) is 8.10. The van der Waals surface area contributed by atoms with Gasteiger partial charge in [0.05, 0.1) is 12.4 Å². The molecule has 1 aliphatic carbocycles. The van der Waals surface area contributed by atoms with Gasteiger partial charge in [-0.15, -0.1) is 0 Å². The van der Waals surface area contributed by atoms with Gasteiger partial charge in [-0.2, -0.15) is 19.8 Å². The number of rotatable bonds is 7. The molecule has 4 aromatic heterocycles. The number of allylic oxidation sites excluding steroid dienone is 5. The lowest BCUT2D eigenvalue weighted by Crippen LogP contribution is -2.29. The quantitative estimate of drug-likeness (QED) is 0.294. The van der Waals surface area contributed by atoms with E-state index in [1.165, 1.54) is 0 Å². The van der Waals surface area contributed by atoms with E-state index >= 15 is 0 Å². The van der Waals surface area contributed by atoms with Crippen LogP contribution in [0.2, 0.25) is 0 Å². The van der Waals surface area contributed by atoms with Gasteiger partial charge in [-0.1, -0.05) is 31.7 Å². The van der Waals surface area contributed by atoms with Gasteiger partial charge >= 0.3 is 0 Å². The molecule has 4 heterocycles. The van der Waals surface area contributed by atoms with Gasteiger partial charge in [0.15, 0.2) is 5.65 Å². The third-order valence-electron chi connectivity index (χ3n) is 7.07. The van der Waals surface area contributed by atoms with Gasteiger partial charge in [-0.05, 0) is 38.7 Å². The van der Waals surface area contributed by atoms with Crippen LogP contribution in [0, 0.1) is 0 Å². The van der Waals surface area contributed by atoms with Crippen LogP contribution in [-0.4, -0.2) is 39.6 Å². The van der Waals surface area contributed by atoms with Crippen molar-refractivity contribution in [2.45, 2.75) is 57.3 Å². The average molecular weight is 470 g/mol. The van der Waals surface area contributed by atoms with Crippen molar-refractivity contribution in [2.75, 3.05) is 5.73 Å². The summed E-state index contributed by atoms with van der Waals surface area (Å²) in [5.41, 5.74) is 11.1. The fourth-order valence-corrected chi connectivity index (χ4v) is 4.93. The predicted octanol–water partition coefficient (Wildman–Crippen LogP) is 4.90. The van der Waals surface area contributed by atoms with Crippen molar-refractivity contribution in [3.05, 3.63) is 73.4 Å². The van der Waals surface area contributed by atoms with Crippen LogP contribution in [0.4, 0.5) is 5.82 Å². The van der Waals surface area contributed by atoms with Crippen LogP contribution in [-0.2, 0) is 5.41 Å². The lowest BCUT2D eigenvalue weighted by molar-refractivity contribution is 0.277. The Morgan fingerprint density at radius 3 is 2.83 bits per heavy atom. The number of aromatic amines is 1. The number of nitrogens with two attached hydrogens (primary N) is 1. The maximum atomic E-state index is 6.42. The molecule has 5 rings (SSSR count). The number of fused-ring (bicyclic) bond motifs is 1. The number of H-pyrrole nitrogens is 1. The summed E-state index contributed by atoms with van der Waals surface area (Å²) in [5.74, 6) is 1.90. The molecule has 9 nitrogen and oxygen atoms in total. The summed E-state index contributed by atoms with van der Waals surface area (Å²) in [7, 11) is 0. The van der Waals surface area contributed by atoms with E-state index in [2.05, 4.69) is 45.0 Å². The van der Waals surface area contributed by atoms with Crippen LogP contribution in [0.3, 0.4) is 0 Å². The molecule has 0 spiro atoms. The maximum Gasteiger partial charge on any atom is 0.165 e. The van der Waals surface area contributed by atoms with Crippen molar-refractivity contribution >= 4 is 17.2 Å². The van der Waals surface area contributed by atoms with Gasteiger partial charge in [0.1, 0.15) is 18.0 Å². The average Bonchev–Trinajstić information content (AvgIpc) is 3.63. The predicted molar refractivity (Wildman–Crippen MR) is 137 cm³/mol. The molecule has 3 N–H and O–H groups in total. The number of aromatic nitrogens is 8. The molecule has 35 heavy (non-hydrogen) atoms. The zero-order valence-corrected chi connectivity index (χ0v) is 20.2. The minimum Gasteiger partial charge on any atom is -0.384 e. The van der Waals surface area contributed by atoms with Crippen molar-refractivity contribution in [1.29, 1.82) is 0 Å². The van der Waals surface area contributed by atoms with Crippen molar-refractivity contribution in [1.82, 2.24) is 39.6 Å². The molecule has 9 heteroatoms. The van der Waals surface area contributed by atoms with E-state index in [9.17, 15) is 0 Å². The Hall–Kier alpha value is -4.01. The fourth-order valence-electron chi connectivity index (χ4n) is 4.93. The van der Waals surface area contributed by atoms with E-state index in [1.54, 1.807) is 16.9 Å². The smallest absolute Gasteiger partial charge is 0.165 e. The molecule has 0 aromatic carbocycles. The van der Waals surface area contributed by atoms with Crippen LogP contribution in [0.5, 0.6) is 0 Å². The molecular formula is C26H31N9. The Labute approximate surface area is 204 Å². The highest BCUT2D eigenvalue weighted by atomic mass is 15.3. The van der Waals surface area contributed by atoms with Gasteiger partial charge in [0.25, 0.3) is 0 Å². The zero-order valence-electron chi connectivity index (χ0n) is 20.2. The van der Waals surface area contributed by atoms with Crippen LogP contribution in [0.25, 0.3) is 22.5 Å². The molecule has 0 radical (unpaired) electrons. The van der Waals surface area contributed by atoms with Crippen LogP contribution in [0.1, 0.15) is 63.4 Å². The minimum atomic E-state index is 0.0165. The van der Waals surface area contributed by atoms with Crippen molar-refractivity contribution in [2.24, 2.45) is 0 Å². The second kappa shape index (κ2) is 9.32. The number of hydrogen-bond donors (Lipinski definition) is 2. The Morgan fingerprint density at radius 1 is 1.29 bits per heavy atom. The second-order valence-corrected chi connectivity index (χ2v) is 9.41. The summed E-state index contributed by atoms with van der Waals surface area (Å²) in [5, 5.41) is 16.2. The van der Waals surface area contributed by atoms with Crippen molar-refractivity contribution in [3.8, 4) is 11.1 Å². The molecule has 1 fully saturated rings. The summed E-state index contributed by atoms with van der Waals surface area (Å²) in [6, 6.07) is 1.97. The number of anilines is 1. The third-order valence-corrected chi connectivity index (χ3v) is 7.07. The first-order valence-corrected chi connectivity index (χ1v) is 12.0. The van der Waals surface area contributed by atoms with E-state index < -0.39 is 0 Å².